The summed E-state index contributed by atoms with van der Waals surface area (Å²) in [6.07, 6.45) is 4.80. The van der Waals surface area contributed by atoms with E-state index in [1.165, 1.54) is 10.9 Å². The third kappa shape index (κ3) is 1.64. The fourth-order valence-corrected chi connectivity index (χ4v) is 1.20. The summed E-state index contributed by atoms with van der Waals surface area (Å²) in [5.41, 5.74) is 0. The van der Waals surface area contributed by atoms with Crippen LogP contribution in [-0.4, -0.2) is 19.7 Å². The largest absolute Gasteiger partial charge is 0.225 e. The van der Waals surface area contributed by atoms with Crippen molar-refractivity contribution < 1.29 is 0 Å². The van der Waals surface area contributed by atoms with Crippen LogP contribution in [0.25, 0.3) is 5.82 Å². The van der Waals surface area contributed by atoms with Gasteiger partial charge in [-0.25, -0.2) is 9.67 Å². The van der Waals surface area contributed by atoms with E-state index in [-0.39, 0.29) is 5.28 Å². The van der Waals surface area contributed by atoms with Gasteiger partial charge in [0.05, 0.1) is 6.20 Å². The lowest BCUT2D eigenvalue weighted by atomic mass is 10.6. The van der Waals surface area contributed by atoms with Gasteiger partial charge in [0.25, 0.3) is 0 Å². The topological polar surface area (TPSA) is 43.6 Å². The maximum Gasteiger partial charge on any atom is 0.224 e. The Morgan fingerprint density at radius 1 is 1.31 bits per heavy atom. The van der Waals surface area contributed by atoms with Gasteiger partial charge in [-0.3, -0.25) is 0 Å². The summed E-state index contributed by atoms with van der Waals surface area (Å²) in [5.74, 6) is 0.478. The second-order valence-corrected chi connectivity index (χ2v) is 3.01. The van der Waals surface area contributed by atoms with Crippen LogP contribution < -0.4 is 0 Å². The van der Waals surface area contributed by atoms with Gasteiger partial charge >= 0.3 is 0 Å². The highest BCUT2D eigenvalue weighted by atomic mass is 35.5. The second-order valence-electron chi connectivity index (χ2n) is 2.26. The quantitative estimate of drug-likeness (QED) is 0.683. The number of rotatable bonds is 1. The first-order valence-corrected chi connectivity index (χ1v) is 4.21. The van der Waals surface area contributed by atoms with Gasteiger partial charge < -0.3 is 0 Å². The Kier molecular flexibility index (Phi) is 2.16. The van der Waals surface area contributed by atoms with Gasteiger partial charge in [-0.1, -0.05) is 11.6 Å². The van der Waals surface area contributed by atoms with Gasteiger partial charge in [0.2, 0.25) is 5.28 Å². The first-order chi connectivity index (χ1) is 6.27. The van der Waals surface area contributed by atoms with Gasteiger partial charge in [0.1, 0.15) is 5.02 Å². The summed E-state index contributed by atoms with van der Waals surface area (Å²) < 4.78 is 1.52. The Bertz CT molecular complexity index is 412. The zero-order valence-corrected chi connectivity index (χ0v) is 7.87. The van der Waals surface area contributed by atoms with Crippen LogP contribution in [0, 0.1) is 0 Å². The molecule has 0 spiro atoms. The molecule has 2 rings (SSSR count). The summed E-state index contributed by atoms with van der Waals surface area (Å²) in [6, 6.07) is 1.77. The molecule has 4 nitrogen and oxygen atoms in total. The molecule has 0 bridgehead atoms. The number of nitrogens with zero attached hydrogens (tertiary/aromatic N) is 4. The van der Waals surface area contributed by atoms with Crippen LogP contribution in [0.3, 0.4) is 0 Å². The van der Waals surface area contributed by atoms with Crippen LogP contribution in [0.15, 0.2) is 24.7 Å². The lowest BCUT2D eigenvalue weighted by molar-refractivity contribution is 0.840. The first-order valence-electron chi connectivity index (χ1n) is 3.45. The van der Waals surface area contributed by atoms with E-state index < -0.39 is 0 Å². The fraction of sp³-hybridized carbons (Fsp3) is 0. The van der Waals surface area contributed by atoms with E-state index in [2.05, 4.69) is 15.1 Å². The monoisotopic (exact) mass is 214 g/mol. The van der Waals surface area contributed by atoms with Crippen LogP contribution in [0.4, 0.5) is 0 Å². The van der Waals surface area contributed by atoms with Gasteiger partial charge in [-0.05, 0) is 17.7 Å². The molecule has 0 saturated carbocycles. The summed E-state index contributed by atoms with van der Waals surface area (Å²) in [6.45, 7) is 0. The van der Waals surface area contributed by atoms with Crippen molar-refractivity contribution >= 4 is 23.2 Å². The molecule has 13 heavy (non-hydrogen) atoms. The van der Waals surface area contributed by atoms with E-state index in [1.54, 1.807) is 18.5 Å². The van der Waals surface area contributed by atoms with Crippen LogP contribution in [-0.2, 0) is 0 Å². The lowest BCUT2D eigenvalue weighted by Gasteiger charge is -2.01. The Morgan fingerprint density at radius 2 is 2.15 bits per heavy atom. The zero-order chi connectivity index (χ0) is 9.26. The minimum absolute atomic E-state index is 0.148. The molecule has 0 unspecified atom stereocenters. The van der Waals surface area contributed by atoms with Gasteiger partial charge in [0, 0.05) is 12.4 Å². The molecule has 0 saturated heterocycles. The predicted molar refractivity (Wildman–Crippen MR) is 49.2 cm³/mol. The van der Waals surface area contributed by atoms with E-state index in [9.17, 15) is 0 Å². The summed E-state index contributed by atoms with van der Waals surface area (Å²) in [7, 11) is 0. The predicted octanol–water partition coefficient (Wildman–Crippen LogP) is 1.97. The highest BCUT2D eigenvalue weighted by Crippen LogP contribution is 2.17. The normalized spacial score (nSPS) is 10.3. The lowest BCUT2D eigenvalue weighted by Crippen LogP contribution is -1.99. The van der Waals surface area contributed by atoms with E-state index in [4.69, 9.17) is 23.2 Å². The van der Waals surface area contributed by atoms with Crippen LogP contribution >= 0.6 is 23.2 Å². The average Bonchev–Trinajstić information content (AvgIpc) is 2.61. The Morgan fingerprint density at radius 3 is 2.85 bits per heavy atom. The van der Waals surface area contributed by atoms with Gasteiger partial charge in [-0.2, -0.15) is 10.1 Å². The number of hydrogen-bond donors (Lipinski definition) is 0. The van der Waals surface area contributed by atoms with Crippen molar-refractivity contribution in [1.82, 2.24) is 19.7 Å². The molecule has 0 aliphatic carbocycles. The van der Waals surface area contributed by atoms with Crippen molar-refractivity contribution in [3.8, 4) is 5.82 Å². The highest BCUT2D eigenvalue weighted by molar-refractivity contribution is 6.32. The molecule has 0 fully saturated rings. The van der Waals surface area contributed by atoms with Crippen molar-refractivity contribution in [2.75, 3.05) is 0 Å². The Labute approximate surface area is 84.1 Å². The molecule has 0 aromatic carbocycles. The van der Waals surface area contributed by atoms with Crippen molar-refractivity contribution in [1.29, 1.82) is 0 Å². The molecule has 0 aliphatic rings. The molecule has 0 atom stereocenters. The van der Waals surface area contributed by atoms with Crippen molar-refractivity contribution in [2.24, 2.45) is 0 Å². The van der Waals surface area contributed by atoms with E-state index in [1.807, 2.05) is 0 Å². The molecule has 6 heteroatoms. The minimum atomic E-state index is 0.148. The molecule has 2 aromatic heterocycles. The molecule has 2 heterocycles. The summed E-state index contributed by atoms with van der Waals surface area (Å²) in [4.78, 5) is 7.67. The van der Waals surface area contributed by atoms with Gasteiger partial charge in [-0.15, -0.1) is 0 Å². The molecular weight excluding hydrogens is 211 g/mol. The van der Waals surface area contributed by atoms with Crippen molar-refractivity contribution in [2.45, 2.75) is 0 Å². The van der Waals surface area contributed by atoms with Crippen molar-refractivity contribution in [3.63, 3.8) is 0 Å². The molecule has 2 aromatic rings. The smallest absolute Gasteiger partial charge is 0.224 e. The van der Waals surface area contributed by atoms with Crippen LogP contribution in [0.2, 0.25) is 10.3 Å². The summed E-state index contributed by atoms with van der Waals surface area (Å²) in [5, 5.41) is 4.53. The maximum absolute atomic E-state index is 5.84. The van der Waals surface area contributed by atoms with Gasteiger partial charge in [0.15, 0.2) is 5.82 Å². The molecule has 0 radical (unpaired) electrons. The van der Waals surface area contributed by atoms with Crippen LogP contribution in [0.5, 0.6) is 0 Å². The van der Waals surface area contributed by atoms with E-state index in [0.717, 1.165) is 0 Å². The van der Waals surface area contributed by atoms with E-state index in [0.29, 0.717) is 10.8 Å². The molecule has 0 amide bonds. The fourth-order valence-electron chi connectivity index (χ4n) is 0.892. The summed E-state index contributed by atoms with van der Waals surface area (Å²) >= 11 is 11.5. The van der Waals surface area contributed by atoms with Crippen molar-refractivity contribution in [3.05, 3.63) is 35.0 Å². The number of halogens is 2. The molecule has 0 aliphatic heterocycles. The third-order valence-electron chi connectivity index (χ3n) is 1.42. The molecule has 0 N–H and O–H groups in total. The SMILES string of the molecule is Clc1ncc(Cl)c(-n2cccn2)n1. The van der Waals surface area contributed by atoms with E-state index >= 15 is 0 Å². The Hall–Kier alpha value is -1.13. The standard InChI is InChI=1S/C7H4Cl2N4/c8-5-4-10-7(9)12-6(5)13-3-1-2-11-13/h1-4H. The molecular formula is C7H4Cl2N4. The first kappa shape index (κ1) is 8.47. The maximum atomic E-state index is 5.84. The molecule has 66 valence electrons. The van der Waals surface area contributed by atoms with Crippen LogP contribution in [0.1, 0.15) is 0 Å². The second kappa shape index (κ2) is 3.32. The average molecular weight is 215 g/mol. The highest BCUT2D eigenvalue weighted by Gasteiger charge is 2.05. The number of aromatic nitrogens is 4. The third-order valence-corrected chi connectivity index (χ3v) is 1.87. The minimum Gasteiger partial charge on any atom is -0.225 e. The zero-order valence-electron chi connectivity index (χ0n) is 6.35. The number of hydrogen-bond acceptors (Lipinski definition) is 3. The Balaban J connectivity index is 2.57.